The third-order valence-electron chi connectivity index (χ3n) is 7.03. The summed E-state index contributed by atoms with van der Waals surface area (Å²) in [5.41, 5.74) is 4.11. The van der Waals surface area contributed by atoms with E-state index in [-0.39, 0.29) is 29.6 Å². The van der Waals surface area contributed by atoms with Gasteiger partial charge in [-0.25, -0.2) is 9.48 Å². The van der Waals surface area contributed by atoms with Crippen molar-refractivity contribution in [2.75, 3.05) is 37.4 Å². The molecule has 0 saturated carbocycles. The van der Waals surface area contributed by atoms with Crippen molar-refractivity contribution in [1.82, 2.24) is 15.1 Å². The molecule has 1 aliphatic heterocycles. The summed E-state index contributed by atoms with van der Waals surface area (Å²) in [7, 11) is 1.54. The van der Waals surface area contributed by atoms with Gasteiger partial charge in [0, 0.05) is 24.3 Å². The predicted molar refractivity (Wildman–Crippen MR) is 151 cm³/mol. The molecule has 1 atom stereocenters. The second kappa shape index (κ2) is 11.9. The lowest BCUT2D eigenvalue weighted by Gasteiger charge is -2.31. The highest BCUT2D eigenvalue weighted by Gasteiger charge is 2.32. The normalized spacial score (nSPS) is 15.2. The average molecular weight is 518 g/mol. The number of rotatable bonds is 8. The van der Waals surface area contributed by atoms with Gasteiger partial charge >= 0.3 is 6.03 Å². The minimum Gasteiger partial charge on any atom is -0.377 e. The highest BCUT2D eigenvalue weighted by Crippen LogP contribution is 2.36. The molecule has 1 unspecified atom stereocenters. The Morgan fingerprint density at radius 3 is 2.42 bits per heavy atom. The Labute approximate surface area is 225 Å². The molecule has 0 radical (unpaired) electrons. The first-order chi connectivity index (χ1) is 18.2. The summed E-state index contributed by atoms with van der Waals surface area (Å²) in [6, 6.07) is 17.1. The first-order valence-corrected chi connectivity index (χ1v) is 13.2. The molecule has 8 heteroatoms. The summed E-state index contributed by atoms with van der Waals surface area (Å²) in [6.07, 6.45) is 1.79. The van der Waals surface area contributed by atoms with Crippen molar-refractivity contribution in [1.29, 1.82) is 0 Å². The lowest BCUT2D eigenvalue weighted by molar-refractivity contribution is -0.125. The summed E-state index contributed by atoms with van der Waals surface area (Å²) < 4.78 is 6.97. The smallest absolute Gasteiger partial charge is 0.324 e. The number of amides is 2. The number of para-hydroxylation sites is 1. The molecule has 0 aliphatic carbocycles. The number of piperidine rings is 1. The molecule has 0 bridgehead atoms. The van der Waals surface area contributed by atoms with Crippen LogP contribution in [0.2, 0.25) is 0 Å². The van der Waals surface area contributed by atoms with Crippen LogP contribution in [0, 0.1) is 12.8 Å². The maximum absolute atomic E-state index is 13.3. The fourth-order valence-electron chi connectivity index (χ4n) is 4.97. The fraction of sp³-hybridized carbons (Fsp3) is 0.433. The Bertz CT molecular complexity index is 1250. The zero-order chi connectivity index (χ0) is 27.3. The van der Waals surface area contributed by atoms with Gasteiger partial charge in [-0.3, -0.25) is 10.1 Å². The molecule has 8 nitrogen and oxygen atoms in total. The SMILES string of the molecule is COCC(=O)C(c1ccccc1NC(=O)Nc1cc(C(C)(C)C)nn1-c1ccc(C)cc1)C1CCNCC1. The van der Waals surface area contributed by atoms with Gasteiger partial charge < -0.3 is 15.4 Å². The van der Waals surface area contributed by atoms with Gasteiger partial charge in [0.25, 0.3) is 0 Å². The molecule has 2 heterocycles. The minimum absolute atomic E-state index is 0.0290. The molecule has 3 aromatic rings. The predicted octanol–water partition coefficient (Wildman–Crippen LogP) is 5.42. The maximum Gasteiger partial charge on any atom is 0.324 e. The lowest BCUT2D eigenvalue weighted by atomic mass is 9.77. The molecule has 1 aliphatic rings. The lowest BCUT2D eigenvalue weighted by Crippen LogP contribution is -2.35. The first-order valence-electron chi connectivity index (χ1n) is 13.2. The quantitative estimate of drug-likeness (QED) is 0.371. The Kier molecular flexibility index (Phi) is 8.64. The molecule has 38 heavy (non-hydrogen) atoms. The van der Waals surface area contributed by atoms with Crippen molar-refractivity contribution in [2.45, 2.75) is 51.9 Å². The van der Waals surface area contributed by atoms with Crippen LogP contribution in [0.1, 0.15) is 56.4 Å². The number of nitrogens with zero attached hydrogens (tertiary/aromatic N) is 2. The number of hydrogen-bond acceptors (Lipinski definition) is 5. The van der Waals surface area contributed by atoms with Crippen molar-refractivity contribution in [3.63, 3.8) is 0 Å². The van der Waals surface area contributed by atoms with E-state index in [9.17, 15) is 9.59 Å². The van der Waals surface area contributed by atoms with E-state index in [1.165, 1.54) is 7.11 Å². The van der Waals surface area contributed by atoms with E-state index in [0.717, 1.165) is 48.4 Å². The number of carbonyl (C=O) groups is 2. The van der Waals surface area contributed by atoms with Crippen LogP contribution in [0.25, 0.3) is 5.69 Å². The summed E-state index contributed by atoms with van der Waals surface area (Å²) in [5.74, 6) is 0.432. The number of methoxy groups -OCH3 is 1. The molecule has 3 N–H and O–H groups in total. The largest absolute Gasteiger partial charge is 0.377 e. The second-order valence-electron chi connectivity index (χ2n) is 11.0. The molecular weight excluding hydrogens is 478 g/mol. The summed E-state index contributed by atoms with van der Waals surface area (Å²) >= 11 is 0. The van der Waals surface area contributed by atoms with Gasteiger partial charge in [-0.1, -0.05) is 56.7 Å². The van der Waals surface area contributed by atoms with Crippen molar-refractivity contribution >= 4 is 23.3 Å². The highest BCUT2D eigenvalue weighted by atomic mass is 16.5. The molecule has 202 valence electrons. The molecule has 1 saturated heterocycles. The van der Waals surface area contributed by atoms with Crippen LogP contribution < -0.4 is 16.0 Å². The fourth-order valence-corrected chi connectivity index (χ4v) is 4.97. The van der Waals surface area contributed by atoms with Gasteiger partial charge in [-0.15, -0.1) is 0 Å². The highest BCUT2D eigenvalue weighted by molar-refractivity contribution is 6.01. The topological polar surface area (TPSA) is 97.3 Å². The number of benzene rings is 2. The third-order valence-corrected chi connectivity index (χ3v) is 7.03. The first kappa shape index (κ1) is 27.5. The van der Waals surface area contributed by atoms with Crippen LogP contribution in [0.15, 0.2) is 54.6 Å². The average Bonchev–Trinajstić information content (AvgIpc) is 3.31. The van der Waals surface area contributed by atoms with Crippen LogP contribution in [0.5, 0.6) is 0 Å². The van der Waals surface area contributed by atoms with E-state index < -0.39 is 6.03 Å². The van der Waals surface area contributed by atoms with E-state index in [2.05, 4.69) is 36.7 Å². The van der Waals surface area contributed by atoms with E-state index >= 15 is 0 Å². The summed E-state index contributed by atoms with van der Waals surface area (Å²) in [5, 5.41) is 14.2. The van der Waals surface area contributed by atoms with E-state index in [0.29, 0.717) is 11.5 Å². The molecule has 1 fully saturated rings. The van der Waals surface area contributed by atoms with Crippen LogP contribution in [-0.2, 0) is 14.9 Å². The standard InChI is InChI=1S/C30H39N5O3/c1-20-10-12-22(13-11-20)35-27(18-26(34-35)30(2,3)4)33-29(37)32-24-9-7-6-8-23(24)28(25(36)19-38-5)21-14-16-31-17-15-21/h6-13,18,21,28,31H,14-17,19H2,1-5H3,(H2,32,33,37). The number of Topliss-reactive ketones (excluding diaryl/α,β-unsaturated/α-hetero) is 1. The number of ether oxygens (including phenoxy) is 1. The number of aryl methyl sites for hydroxylation is 1. The van der Waals surface area contributed by atoms with Crippen molar-refractivity contribution in [3.8, 4) is 5.69 Å². The molecule has 2 aromatic carbocycles. The molecule has 2 amide bonds. The molecule has 1 aromatic heterocycles. The Hall–Kier alpha value is -3.49. The van der Waals surface area contributed by atoms with Crippen LogP contribution in [0.4, 0.5) is 16.3 Å². The third kappa shape index (κ3) is 6.49. The number of ketones is 1. The monoisotopic (exact) mass is 517 g/mol. The molecule has 4 rings (SSSR count). The zero-order valence-corrected chi connectivity index (χ0v) is 23.0. The van der Waals surface area contributed by atoms with Crippen molar-refractivity contribution < 1.29 is 14.3 Å². The maximum atomic E-state index is 13.3. The Morgan fingerprint density at radius 2 is 1.76 bits per heavy atom. The minimum atomic E-state index is -0.394. The van der Waals surface area contributed by atoms with Gasteiger partial charge in [-0.2, -0.15) is 5.10 Å². The summed E-state index contributed by atoms with van der Waals surface area (Å²) in [4.78, 5) is 26.6. The van der Waals surface area contributed by atoms with Crippen LogP contribution >= 0.6 is 0 Å². The molecule has 0 spiro atoms. The second-order valence-corrected chi connectivity index (χ2v) is 11.0. The van der Waals surface area contributed by atoms with E-state index in [1.807, 2.05) is 61.5 Å². The molecular formula is C30H39N5O3. The summed E-state index contributed by atoms with van der Waals surface area (Å²) in [6.45, 7) is 10.1. The zero-order valence-electron chi connectivity index (χ0n) is 23.0. The van der Waals surface area contributed by atoms with Gasteiger partial charge in [-0.05, 0) is 62.5 Å². The van der Waals surface area contributed by atoms with Crippen molar-refractivity contribution in [3.05, 3.63) is 71.4 Å². The number of carbonyl (C=O) groups excluding carboxylic acids is 2. The van der Waals surface area contributed by atoms with Crippen LogP contribution in [-0.4, -0.2) is 48.4 Å². The number of anilines is 2. The van der Waals surface area contributed by atoms with Gasteiger partial charge in [0.2, 0.25) is 0 Å². The van der Waals surface area contributed by atoms with Gasteiger partial charge in [0.05, 0.1) is 17.3 Å². The number of urea groups is 1. The van der Waals surface area contributed by atoms with Gasteiger partial charge in [0.15, 0.2) is 5.78 Å². The van der Waals surface area contributed by atoms with Crippen molar-refractivity contribution in [2.24, 2.45) is 5.92 Å². The van der Waals surface area contributed by atoms with Crippen LogP contribution in [0.3, 0.4) is 0 Å². The number of hydrogen-bond donors (Lipinski definition) is 3. The van der Waals surface area contributed by atoms with Gasteiger partial charge in [0.1, 0.15) is 12.4 Å². The Balaban J connectivity index is 1.62. The van der Waals surface area contributed by atoms with E-state index in [1.54, 1.807) is 4.68 Å². The number of nitrogens with one attached hydrogen (secondary N) is 3. The Morgan fingerprint density at radius 1 is 1.08 bits per heavy atom. The van der Waals surface area contributed by atoms with E-state index in [4.69, 9.17) is 9.84 Å². The number of aromatic nitrogens is 2.